The topological polar surface area (TPSA) is 55.8 Å². The van der Waals surface area contributed by atoms with Crippen molar-refractivity contribution in [3.8, 4) is 22.6 Å². The fourth-order valence-electron chi connectivity index (χ4n) is 4.77. The minimum Gasteiger partial charge on any atom is -0.489 e. The Hall–Kier alpha value is -3.58. The van der Waals surface area contributed by atoms with E-state index in [-0.39, 0.29) is 41.1 Å². The lowest BCUT2D eigenvalue weighted by Crippen LogP contribution is -2.23. The van der Waals surface area contributed by atoms with Gasteiger partial charge in [-0.1, -0.05) is 36.9 Å². The molecule has 1 N–H and O–H groups in total. The Morgan fingerprint density at radius 1 is 1.03 bits per heavy atom. The van der Waals surface area contributed by atoms with Gasteiger partial charge in [0.15, 0.2) is 23.2 Å². The summed E-state index contributed by atoms with van der Waals surface area (Å²) in [5.74, 6) is -3.23. The Balaban J connectivity index is 1.45. The highest BCUT2D eigenvalue weighted by atomic mass is 19.2. The maximum Gasteiger partial charge on any atom is 0.343 e. The molecule has 0 aliphatic heterocycles. The van der Waals surface area contributed by atoms with Crippen LogP contribution in [0.25, 0.3) is 11.1 Å². The second-order valence-corrected chi connectivity index (χ2v) is 9.34. The Labute approximate surface area is 214 Å². The first-order valence-corrected chi connectivity index (χ1v) is 12.3. The molecule has 3 aromatic rings. The first kappa shape index (κ1) is 26.5. The standard InChI is InChI=1S/C30H29F3O4/c1-3-16-36-23-12-15-27(26(31)17-23)37-30(35)22-10-8-21(9-11-22)25-14-13-24(28(32)29(25)33)20-6-4-19(5-7-20)18(2)34/h3,8-15,17-20,34H,1,4-7,16H2,2H3. The number of halogens is 3. The molecule has 37 heavy (non-hydrogen) atoms. The normalized spacial score (nSPS) is 18.2. The average Bonchev–Trinajstić information content (AvgIpc) is 2.90. The van der Waals surface area contributed by atoms with Crippen LogP contribution in [0.4, 0.5) is 13.2 Å². The van der Waals surface area contributed by atoms with Crippen molar-refractivity contribution in [3.05, 3.63) is 95.8 Å². The van der Waals surface area contributed by atoms with E-state index in [0.717, 1.165) is 18.9 Å². The van der Waals surface area contributed by atoms with Crippen LogP contribution in [0.15, 0.2) is 67.3 Å². The Kier molecular flexibility index (Phi) is 8.34. The highest BCUT2D eigenvalue weighted by Gasteiger charge is 2.28. The molecule has 1 unspecified atom stereocenters. The molecule has 4 nitrogen and oxygen atoms in total. The second-order valence-electron chi connectivity index (χ2n) is 9.34. The quantitative estimate of drug-likeness (QED) is 0.198. The monoisotopic (exact) mass is 510 g/mol. The molecule has 0 radical (unpaired) electrons. The van der Waals surface area contributed by atoms with Gasteiger partial charge in [0.1, 0.15) is 12.4 Å². The number of ether oxygens (including phenoxy) is 2. The molecule has 1 atom stereocenters. The SMILES string of the molecule is C=CCOc1ccc(OC(=O)c2ccc(-c3ccc(C4CCC(C(C)O)CC4)c(F)c3F)cc2)c(F)c1. The lowest BCUT2D eigenvalue weighted by molar-refractivity contribution is 0.0727. The number of aliphatic hydroxyl groups excluding tert-OH is 1. The number of benzene rings is 3. The number of carbonyl (C=O) groups is 1. The number of hydrogen-bond donors (Lipinski definition) is 1. The second kappa shape index (κ2) is 11.6. The van der Waals surface area contributed by atoms with Gasteiger partial charge in [-0.3, -0.25) is 0 Å². The zero-order chi connectivity index (χ0) is 26.5. The molecule has 4 rings (SSSR count). The lowest BCUT2D eigenvalue weighted by atomic mass is 9.76. The van der Waals surface area contributed by atoms with Gasteiger partial charge in [-0.25, -0.2) is 18.0 Å². The zero-order valence-corrected chi connectivity index (χ0v) is 20.6. The van der Waals surface area contributed by atoms with Crippen LogP contribution in [0.1, 0.15) is 54.4 Å². The minimum atomic E-state index is -0.939. The van der Waals surface area contributed by atoms with Crippen molar-refractivity contribution in [1.29, 1.82) is 0 Å². The van der Waals surface area contributed by atoms with E-state index in [1.165, 1.54) is 42.5 Å². The van der Waals surface area contributed by atoms with Crippen LogP contribution in [0, 0.1) is 23.4 Å². The van der Waals surface area contributed by atoms with Gasteiger partial charge in [0.2, 0.25) is 0 Å². The van der Waals surface area contributed by atoms with E-state index >= 15 is 8.78 Å². The number of hydrogen-bond acceptors (Lipinski definition) is 4. The molecule has 0 amide bonds. The Morgan fingerprint density at radius 2 is 1.73 bits per heavy atom. The summed E-state index contributed by atoms with van der Waals surface area (Å²) in [6, 6.07) is 12.8. The fraction of sp³-hybridized carbons (Fsp3) is 0.300. The molecule has 1 fully saturated rings. The van der Waals surface area contributed by atoms with Gasteiger partial charge in [0.25, 0.3) is 0 Å². The van der Waals surface area contributed by atoms with E-state index < -0.39 is 29.5 Å². The number of carbonyl (C=O) groups excluding carboxylic acids is 1. The van der Waals surface area contributed by atoms with Crippen LogP contribution in [-0.2, 0) is 0 Å². The maximum absolute atomic E-state index is 15.0. The molecule has 0 bridgehead atoms. The van der Waals surface area contributed by atoms with Crippen molar-refractivity contribution >= 4 is 5.97 Å². The van der Waals surface area contributed by atoms with Crippen molar-refractivity contribution in [1.82, 2.24) is 0 Å². The molecular weight excluding hydrogens is 481 g/mol. The third-order valence-electron chi connectivity index (χ3n) is 6.91. The summed E-state index contributed by atoms with van der Waals surface area (Å²) in [6.07, 6.45) is 4.08. The van der Waals surface area contributed by atoms with Gasteiger partial charge in [0, 0.05) is 11.6 Å². The highest BCUT2D eigenvalue weighted by Crippen LogP contribution is 2.39. The van der Waals surface area contributed by atoms with Gasteiger partial charge in [0.05, 0.1) is 11.7 Å². The van der Waals surface area contributed by atoms with Crippen LogP contribution in [-0.4, -0.2) is 23.8 Å². The number of rotatable bonds is 8. The van der Waals surface area contributed by atoms with Crippen LogP contribution < -0.4 is 9.47 Å². The van der Waals surface area contributed by atoms with E-state index in [1.54, 1.807) is 19.1 Å². The molecule has 0 heterocycles. The van der Waals surface area contributed by atoms with E-state index in [4.69, 9.17) is 9.47 Å². The molecule has 1 aliphatic rings. The van der Waals surface area contributed by atoms with E-state index in [9.17, 15) is 14.3 Å². The van der Waals surface area contributed by atoms with Crippen molar-refractivity contribution in [2.75, 3.05) is 6.61 Å². The van der Waals surface area contributed by atoms with Crippen LogP contribution in [0.3, 0.4) is 0 Å². The molecule has 194 valence electrons. The minimum absolute atomic E-state index is 0.0833. The summed E-state index contributed by atoms with van der Waals surface area (Å²) in [4.78, 5) is 12.5. The summed E-state index contributed by atoms with van der Waals surface area (Å²) in [5, 5.41) is 9.78. The summed E-state index contributed by atoms with van der Waals surface area (Å²) < 4.78 is 54.7. The first-order valence-electron chi connectivity index (χ1n) is 12.3. The molecule has 1 saturated carbocycles. The average molecular weight is 511 g/mol. The van der Waals surface area contributed by atoms with E-state index in [1.807, 2.05) is 0 Å². The predicted molar refractivity (Wildman–Crippen MR) is 135 cm³/mol. The van der Waals surface area contributed by atoms with Crippen LogP contribution >= 0.6 is 0 Å². The summed E-state index contributed by atoms with van der Waals surface area (Å²) >= 11 is 0. The van der Waals surface area contributed by atoms with Crippen LogP contribution in [0.5, 0.6) is 11.5 Å². The number of aliphatic hydroxyl groups is 1. The molecule has 7 heteroatoms. The predicted octanol–water partition coefficient (Wildman–Crippen LogP) is 7.21. The molecule has 0 aromatic heterocycles. The van der Waals surface area contributed by atoms with Crippen LogP contribution in [0.2, 0.25) is 0 Å². The fourth-order valence-corrected chi connectivity index (χ4v) is 4.77. The van der Waals surface area contributed by atoms with Gasteiger partial charge < -0.3 is 14.6 Å². The summed E-state index contributed by atoms with van der Waals surface area (Å²) in [7, 11) is 0. The maximum atomic E-state index is 15.0. The van der Waals surface area contributed by atoms with Crippen molar-refractivity contribution in [2.45, 2.75) is 44.6 Å². The van der Waals surface area contributed by atoms with Gasteiger partial charge in [-0.2, -0.15) is 0 Å². The molecule has 0 saturated heterocycles. The Morgan fingerprint density at radius 3 is 2.35 bits per heavy atom. The van der Waals surface area contributed by atoms with E-state index in [0.29, 0.717) is 24.0 Å². The number of esters is 1. The highest BCUT2D eigenvalue weighted by molar-refractivity contribution is 5.91. The third-order valence-corrected chi connectivity index (χ3v) is 6.91. The molecular formula is C30H29F3O4. The Bertz CT molecular complexity index is 1260. The third kappa shape index (κ3) is 6.05. The molecule has 0 spiro atoms. The molecule has 1 aliphatic carbocycles. The van der Waals surface area contributed by atoms with E-state index in [2.05, 4.69) is 6.58 Å². The van der Waals surface area contributed by atoms with Crippen molar-refractivity contribution in [3.63, 3.8) is 0 Å². The van der Waals surface area contributed by atoms with Gasteiger partial charge in [-0.05, 0) is 79.8 Å². The van der Waals surface area contributed by atoms with Gasteiger partial charge in [-0.15, -0.1) is 0 Å². The largest absolute Gasteiger partial charge is 0.489 e. The smallest absolute Gasteiger partial charge is 0.343 e. The zero-order valence-electron chi connectivity index (χ0n) is 20.6. The molecule has 3 aromatic carbocycles. The first-order chi connectivity index (χ1) is 17.8. The van der Waals surface area contributed by atoms with Gasteiger partial charge >= 0.3 is 5.97 Å². The van der Waals surface area contributed by atoms with Crippen molar-refractivity contribution < 1.29 is 32.5 Å². The summed E-state index contributed by atoms with van der Waals surface area (Å²) in [6.45, 7) is 5.50. The summed E-state index contributed by atoms with van der Waals surface area (Å²) in [5.41, 5.74) is 0.961. The van der Waals surface area contributed by atoms with Crippen molar-refractivity contribution in [2.24, 2.45) is 5.92 Å². The lowest BCUT2D eigenvalue weighted by Gasteiger charge is -2.30.